The molecule has 3 aromatic heterocycles. The van der Waals surface area contributed by atoms with Crippen LogP contribution in [0.25, 0.3) is 82.9 Å². The fourth-order valence-corrected chi connectivity index (χ4v) is 8.15. The van der Waals surface area contributed by atoms with Gasteiger partial charge in [0.2, 0.25) is 0 Å². The summed E-state index contributed by atoms with van der Waals surface area (Å²) < 4.78 is 2.46. The normalized spacial score (nSPS) is 13.3. The van der Waals surface area contributed by atoms with Crippen molar-refractivity contribution in [2.45, 2.75) is 19.3 Å². The summed E-state index contributed by atoms with van der Waals surface area (Å²) in [6, 6.07) is 50.7. The lowest BCUT2D eigenvalue weighted by atomic mass is 9.81. The Morgan fingerprint density at radius 3 is 2.04 bits per heavy atom. The second kappa shape index (κ2) is 10.1. The highest BCUT2D eigenvalue weighted by Crippen LogP contribution is 2.53. The first-order valence-corrected chi connectivity index (χ1v) is 16.7. The molecule has 10 rings (SSSR count). The summed E-state index contributed by atoms with van der Waals surface area (Å²) in [5.74, 6) is 0.211. The van der Waals surface area contributed by atoms with E-state index in [4.69, 9.17) is 9.97 Å². The van der Waals surface area contributed by atoms with Gasteiger partial charge in [0.1, 0.15) is 5.75 Å². The molecule has 0 spiro atoms. The van der Waals surface area contributed by atoms with Crippen molar-refractivity contribution in [2.75, 3.05) is 0 Å². The van der Waals surface area contributed by atoms with Gasteiger partial charge >= 0.3 is 0 Å². The van der Waals surface area contributed by atoms with E-state index in [1.807, 2.05) is 24.3 Å². The molecule has 0 bridgehead atoms. The molecule has 0 radical (unpaired) electrons. The Hall–Kier alpha value is -6.26. The molecule has 232 valence electrons. The number of fused-ring (bicyclic) bond motifs is 10. The molecule has 9 aromatic rings. The van der Waals surface area contributed by atoms with Gasteiger partial charge in [0.25, 0.3) is 0 Å². The van der Waals surface area contributed by atoms with Gasteiger partial charge in [-0.25, -0.2) is 9.97 Å². The molecule has 0 unspecified atom stereocenters. The molecule has 0 saturated heterocycles. The van der Waals surface area contributed by atoms with Crippen LogP contribution >= 0.6 is 0 Å². The Kier molecular flexibility index (Phi) is 5.74. The molecule has 0 aliphatic heterocycles. The third kappa shape index (κ3) is 3.98. The van der Waals surface area contributed by atoms with Gasteiger partial charge in [-0.3, -0.25) is 0 Å². The fraction of sp³-hybridized carbons (Fsp3) is 0.0667. The minimum absolute atomic E-state index is 0.154. The van der Waals surface area contributed by atoms with Crippen molar-refractivity contribution in [3.8, 4) is 45.1 Å². The van der Waals surface area contributed by atoms with Crippen LogP contribution in [0.5, 0.6) is 5.75 Å². The highest BCUT2D eigenvalue weighted by Gasteiger charge is 2.38. The third-order valence-corrected chi connectivity index (χ3v) is 10.5. The summed E-state index contributed by atoms with van der Waals surface area (Å²) in [7, 11) is 0. The largest absolute Gasteiger partial charge is 0.507 e. The number of rotatable bonds is 3. The zero-order valence-corrected chi connectivity index (χ0v) is 27.1. The van der Waals surface area contributed by atoms with Crippen molar-refractivity contribution in [1.82, 2.24) is 14.5 Å². The Morgan fingerprint density at radius 2 is 1.22 bits per heavy atom. The molecular formula is C45H31N3O. The van der Waals surface area contributed by atoms with Gasteiger partial charge in [0, 0.05) is 43.8 Å². The van der Waals surface area contributed by atoms with E-state index in [1.165, 1.54) is 44.1 Å². The van der Waals surface area contributed by atoms with Gasteiger partial charge in [0.15, 0.2) is 0 Å². The van der Waals surface area contributed by atoms with Crippen molar-refractivity contribution < 1.29 is 5.11 Å². The molecule has 1 aliphatic carbocycles. The maximum Gasteiger partial charge on any atom is 0.124 e. The van der Waals surface area contributed by atoms with Crippen LogP contribution in [0.2, 0.25) is 0 Å². The van der Waals surface area contributed by atoms with Crippen LogP contribution < -0.4 is 0 Å². The van der Waals surface area contributed by atoms with E-state index < -0.39 is 0 Å². The molecule has 0 atom stereocenters. The number of phenolic OH excluding ortho intramolecular Hbond substituents is 1. The number of aromatic nitrogens is 3. The molecule has 1 N–H and O–H groups in total. The minimum Gasteiger partial charge on any atom is -0.507 e. The van der Waals surface area contributed by atoms with Crippen LogP contribution in [0, 0.1) is 0 Å². The third-order valence-electron chi connectivity index (χ3n) is 10.5. The summed E-state index contributed by atoms with van der Waals surface area (Å²) in [4.78, 5) is 10.3. The van der Waals surface area contributed by atoms with Crippen LogP contribution in [0.1, 0.15) is 25.0 Å². The number of hydrogen-bond donors (Lipinski definition) is 1. The second-order valence-electron chi connectivity index (χ2n) is 13.6. The van der Waals surface area contributed by atoms with E-state index in [1.54, 1.807) is 6.07 Å². The van der Waals surface area contributed by atoms with Gasteiger partial charge in [-0.05, 0) is 64.7 Å². The average molecular weight is 630 g/mol. The van der Waals surface area contributed by atoms with Crippen LogP contribution in [0.15, 0.2) is 146 Å². The van der Waals surface area contributed by atoms with Crippen LogP contribution in [-0.2, 0) is 5.41 Å². The predicted octanol–water partition coefficient (Wildman–Crippen LogP) is 11.2. The van der Waals surface area contributed by atoms with Gasteiger partial charge in [0.05, 0.1) is 33.5 Å². The SMILES string of the molecule is CC1(C)c2ccccc2-c2ccc3c4ccccc4n(-c4cccc(-c5ccc6ccc7ccc(-c8ccccc8O)nc7c6n5)c4)c3c21. The van der Waals surface area contributed by atoms with E-state index in [0.29, 0.717) is 5.56 Å². The van der Waals surface area contributed by atoms with Crippen LogP contribution in [0.3, 0.4) is 0 Å². The first-order chi connectivity index (χ1) is 24.0. The lowest BCUT2D eigenvalue weighted by Crippen LogP contribution is -2.16. The van der Waals surface area contributed by atoms with Gasteiger partial charge in [-0.1, -0.05) is 117 Å². The van der Waals surface area contributed by atoms with E-state index in [-0.39, 0.29) is 11.2 Å². The molecular weight excluding hydrogens is 599 g/mol. The summed E-state index contributed by atoms with van der Waals surface area (Å²) >= 11 is 0. The fourth-order valence-electron chi connectivity index (χ4n) is 8.15. The molecule has 1 aliphatic rings. The molecule has 3 heterocycles. The van der Waals surface area contributed by atoms with Crippen molar-refractivity contribution in [1.29, 1.82) is 0 Å². The smallest absolute Gasteiger partial charge is 0.124 e. The lowest BCUT2D eigenvalue weighted by Gasteiger charge is -2.23. The van der Waals surface area contributed by atoms with Gasteiger partial charge < -0.3 is 9.67 Å². The number of pyridine rings is 2. The molecule has 6 aromatic carbocycles. The van der Waals surface area contributed by atoms with Crippen molar-refractivity contribution >= 4 is 43.6 Å². The molecule has 0 amide bonds. The van der Waals surface area contributed by atoms with Gasteiger partial charge in [-0.15, -0.1) is 0 Å². The average Bonchev–Trinajstić information content (AvgIpc) is 3.60. The Morgan fingerprint density at radius 1 is 0.551 bits per heavy atom. The number of benzene rings is 6. The van der Waals surface area contributed by atoms with Crippen molar-refractivity contribution in [3.63, 3.8) is 0 Å². The topological polar surface area (TPSA) is 50.9 Å². The van der Waals surface area contributed by atoms with E-state index >= 15 is 0 Å². The number of phenols is 1. The predicted molar refractivity (Wildman–Crippen MR) is 201 cm³/mol. The van der Waals surface area contributed by atoms with E-state index in [9.17, 15) is 5.11 Å². The van der Waals surface area contributed by atoms with Crippen molar-refractivity contribution in [2.24, 2.45) is 0 Å². The van der Waals surface area contributed by atoms with E-state index in [2.05, 4.69) is 134 Å². The minimum atomic E-state index is -0.154. The zero-order chi connectivity index (χ0) is 32.9. The number of para-hydroxylation sites is 2. The maximum absolute atomic E-state index is 10.5. The van der Waals surface area contributed by atoms with Crippen LogP contribution in [-0.4, -0.2) is 19.6 Å². The first-order valence-electron chi connectivity index (χ1n) is 16.7. The quantitative estimate of drug-likeness (QED) is 0.198. The summed E-state index contributed by atoms with van der Waals surface area (Å²) in [6.07, 6.45) is 0. The highest BCUT2D eigenvalue weighted by molar-refractivity contribution is 6.13. The standard InChI is InChI=1S/C45H31N3O/c1-45(2)36-15-6-3-12-31(36)33-22-23-34-32-13-4-7-16-39(32)48(44(34)41(33)45)30-11-9-10-29(26-30)37-24-20-27-18-19-28-21-25-38(47-43(28)42(27)46-37)35-14-5-8-17-40(35)49/h3-26,49H,1-2H3. The van der Waals surface area contributed by atoms with Crippen molar-refractivity contribution in [3.05, 3.63) is 157 Å². The van der Waals surface area contributed by atoms with Crippen LogP contribution in [0.4, 0.5) is 0 Å². The summed E-state index contributed by atoms with van der Waals surface area (Å²) in [5.41, 5.74) is 13.8. The zero-order valence-electron chi connectivity index (χ0n) is 27.1. The molecule has 4 heteroatoms. The monoisotopic (exact) mass is 629 g/mol. The Labute approximate surface area is 283 Å². The van der Waals surface area contributed by atoms with E-state index in [0.717, 1.165) is 44.4 Å². The Balaban J connectivity index is 1.19. The second-order valence-corrected chi connectivity index (χ2v) is 13.6. The number of aromatic hydroxyl groups is 1. The Bertz CT molecular complexity index is 2830. The molecule has 0 saturated carbocycles. The lowest BCUT2D eigenvalue weighted by molar-refractivity contribution is 0.477. The van der Waals surface area contributed by atoms with Gasteiger partial charge in [-0.2, -0.15) is 0 Å². The first kappa shape index (κ1) is 27.8. The number of nitrogens with zero attached hydrogens (tertiary/aromatic N) is 3. The maximum atomic E-state index is 10.5. The summed E-state index contributed by atoms with van der Waals surface area (Å²) in [5, 5.41) is 15.1. The molecule has 49 heavy (non-hydrogen) atoms. The summed E-state index contributed by atoms with van der Waals surface area (Å²) in [6.45, 7) is 4.72. The molecule has 0 fully saturated rings. The number of hydrogen-bond acceptors (Lipinski definition) is 3. The molecule has 4 nitrogen and oxygen atoms in total. The highest BCUT2D eigenvalue weighted by atomic mass is 16.3.